The van der Waals surface area contributed by atoms with Gasteiger partial charge in [0.1, 0.15) is 0 Å². The summed E-state index contributed by atoms with van der Waals surface area (Å²) in [4.78, 5) is 22.9. The molecule has 1 aliphatic rings. The summed E-state index contributed by atoms with van der Waals surface area (Å²) >= 11 is 3.27. The highest BCUT2D eigenvalue weighted by molar-refractivity contribution is 9.10. The maximum absolute atomic E-state index is 12.3. The SMILES string of the molecule is O=C(C(=C1NCCCCN1)[N+](=O)[O-])c1ccc(Br)cc1. The summed E-state index contributed by atoms with van der Waals surface area (Å²) in [6.45, 7) is 1.24. The van der Waals surface area contributed by atoms with E-state index in [0.717, 1.165) is 17.3 Å². The van der Waals surface area contributed by atoms with E-state index in [9.17, 15) is 14.9 Å². The van der Waals surface area contributed by atoms with E-state index in [1.54, 1.807) is 24.3 Å². The first-order valence-corrected chi connectivity index (χ1v) is 7.05. The van der Waals surface area contributed by atoms with Gasteiger partial charge in [-0.15, -0.1) is 0 Å². The fraction of sp³-hybridized carbons (Fsp3) is 0.308. The van der Waals surface area contributed by atoms with Gasteiger partial charge in [-0.3, -0.25) is 14.9 Å². The number of rotatable bonds is 3. The number of hydrogen-bond acceptors (Lipinski definition) is 5. The molecule has 1 aromatic rings. The Morgan fingerprint density at radius 2 is 1.70 bits per heavy atom. The Morgan fingerprint density at radius 3 is 2.20 bits per heavy atom. The second-order valence-electron chi connectivity index (χ2n) is 4.38. The lowest BCUT2D eigenvalue weighted by atomic mass is 10.1. The fourth-order valence-electron chi connectivity index (χ4n) is 1.93. The summed E-state index contributed by atoms with van der Waals surface area (Å²) in [7, 11) is 0. The molecule has 0 bridgehead atoms. The van der Waals surface area contributed by atoms with Gasteiger partial charge in [0.05, 0.1) is 4.92 Å². The third kappa shape index (κ3) is 3.36. The zero-order valence-corrected chi connectivity index (χ0v) is 12.3. The number of nitrogens with one attached hydrogen (secondary N) is 2. The topological polar surface area (TPSA) is 84.3 Å². The summed E-state index contributed by atoms with van der Waals surface area (Å²) < 4.78 is 0.815. The number of Topliss-reactive ketones (excluding diaryl/α,β-unsaturated/α-hetero) is 1. The molecule has 106 valence electrons. The predicted octanol–water partition coefficient (Wildman–Crippen LogP) is 2.05. The minimum atomic E-state index is -0.634. The molecule has 0 saturated carbocycles. The van der Waals surface area contributed by atoms with Crippen molar-refractivity contribution < 1.29 is 9.72 Å². The van der Waals surface area contributed by atoms with Gasteiger partial charge in [-0.25, -0.2) is 0 Å². The van der Waals surface area contributed by atoms with E-state index in [2.05, 4.69) is 26.6 Å². The van der Waals surface area contributed by atoms with E-state index in [-0.39, 0.29) is 5.82 Å². The molecule has 20 heavy (non-hydrogen) atoms. The van der Waals surface area contributed by atoms with Crippen molar-refractivity contribution in [3.8, 4) is 0 Å². The van der Waals surface area contributed by atoms with Crippen molar-refractivity contribution in [3.63, 3.8) is 0 Å². The molecule has 2 rings (SSSR count). The fourth-order valence-corrected chi connectivity index (χ4v) is 2.20. The lowest BCUT2D eigenvalue weighted by Gasteiger charge is -2.09. The number of carbonyl (C=O) groups is 1. The number of ketones is 1. The van der Waals surface area contributed by atoms with Gasteiger partial charge in [-0.05, 0) is 37.1 Å². The molecule has 0 aromatic heterocycles. The number of allylic oxidation sites excluding steroid dienone is 1. The van der Waals surface area contributed by atoms with Crippen LogP contribution in [-0.4, -0.2) is 23.8 Å². The maximum Gasteiger partial charge on any atom is 0.356 e. The molecule has 0 spiro atoms. The normalized spacial score (nSPS) is 14.8. The van der Waals surface area contributed by atoms with E-state index < -0.39 is 16.4 Å². The molecule has 1 aliphatic heterocycles. The largest absolute Gasteiger partial charge is 0.366 e. The predicted molar refractivity (Wildman–Crippen MR) is 77.7 cm³/mol. The van der Waals surface area contributed by atoms with Crippen molar-refractivity contribution >= 4 is 21.7 Å². The van der Waals surface area contributed by atoms with Crippen LogP contribution in [0.2, 0.25) is 0 Å². The lowest BCUT2D eigenvalue weighted by Crippen LogP contribution is -2.30. The van der Waals surface area contributed by atoms with E-state index in [1.807, 2.05) is 0 Å². The molecule has 0 aliphatic carbocycles. The molecule has 1 aromatic carbocycles. The van der Waals surface area contributed by atoms with Gasteiger partial charge in [0, 0.05) is 23.1 Å². The van der Waals surface area contributed by atoms with Crippen molar-refractivity contribution in [3.05, 3.63) is 55.9 Å². The molecule has 0 atom stereocenters. The minimum absolute atomic E-state index is 0.209. The number of carbonyl (C=O) groups excluding carboxylic acids is 1. The Labute approximate surface area is 124 Å². The summed E-state index contributed by atoms with van der Waals surface area (Å²) in [6, 6.07) is 6.49. The molecule has 0 unspecified atom stereocenters. The monoisotopic (exact) mass is 339 g/mol. The van der Waals surface area contributed by atoms with Crippen LogP contribution in [0.25, 0.3) is 0 Å². The van der Waals surface area contributed by atoms with Crippen LogP contribution < -0.4 is 10.6 Å². The second-order valence-corrected chi connectivity index (χ2v) is 5.29. The Kier molecular flexibility index (Phi) is 4.73. The summed E-state index contributed by atoms with van der Waals surface area (Å²) in [5.74, 6) is -0.389. The molecule has 2 N–H and O–H groups in total. The van der Waals surface area contributed by atoms with Crippen LogP contribution in [0.1, 0.15) is 23.2 Å². The van der Waals surface area contributed by atoms with Crippen LogP contribution >= 0.6 is 15.9 Å². The molecular weight excluding hydrogens is 326 g/mol. The second kappa shape index (κ2) is 6.51. The molecular formula is C13H14BrN3O3. The van der Waals surface area contributed by atoms with Crippen molar-refractivity contribution in [2.75, 3.05) is 13.1 Å². The highest BCUT2D eigenvalue weighted by Crippen LogP contribution is 2.16. The van der Waals surface area contributed by atoms with Gasteiger partial charge in [-0.2, -0.15) is 0 Å². The highest BCUT2D eigenvalue weighted by atomic mass is 79.9. The van der Waals surface area contributed by atoms with Gasteiger partial charge in [-0.1, -0.05) is 15.9 Å². The smallest absolute Gasteiger partial charge is 0.356 e. The van der Waals surface area contributed by atoms with Gasteiger partial charge in [0.25, 0.3) is 5.78 Å². The standard InChI is InChI=1S/C13H14BrN3O3/c14-10-5-3-9(4-6-10)12(18)11(17(19)20)13-15-7-1-2-8-16-13/h3-6,15-16H,1-2,7-8H2. The van der Waals surface area contributed by atoms with Crippen LogP contribution in [-0.2, 0) is 0 Å². The van der Waals surface area contributed by atoms with Crippen LogP contribution in [0.5, 0.6) is 0 Å². The summed E-state index contributed by atoms with van der Waals surface area (Å²) in [5, 5.41) is 17.1. The van der Waals surface area contributed by atoms with Crippen LogP contribution in [0.3, 0.4) is 0 Å². The number of nitrogens with zero attached hydrogens (tertiary/aromatic N) is 1. The number of halogens is 1. The molecule has 1 heterocycles. The molecule has 1 saturated heterocycles. The molecule has 0 radical (unpaired) electrons. The average molecular weight is 340 g/mol. The first-order chi connectivity index (χ1) is 9.59. The van der Waals surface area contributed by atoms with Gasteiger partial charge < -0.3 is 10.6 Å². The summed E-state index contributed by atoms with van der Waals surface area (Å²) in [5.41, 5.74) is -0.144. The Hall–Kier alpha value is -1.89. The minimum Gasteiger partial charge on any atom is -0.366 e. The zero-order valence-electron chi connectivity index (χ0n) is 10.7. The Morgan fingerprint density at radius 1 is 1.15 bits per heavy atom. The average Bonchev–Trinajstić information content (AvgIpc) is 2.68. The maximum atomic E-state index is 12.3. The number of nitro groups is 1. The van der Waals surface area contributed by atoms with Crippen molar-refractivity contribution in [1.82, 2.24) is 10.6 Å². The Bertz CT molecular complexity index is 544. The third-order valence-corrected chi connectivity index (χ3v) is 3.48. The molecule has 0 amide bonds. The van der Waals surface area contributed by atoms with Crippen LogP contribution in [0.15, 0.2) is 40.3 Å². The van der Waals surface area contributed by atoms with Crippen LogP contribution in [0.4, 0.5) is 0 Å². The van der Waals surface area contributed by atoms with E-state index in [4.69, 9.17) is 0 Å². The van der Waals surface area contributed by atoms with E-state index >= 15 is 0 Å². The van der Waals surface area contributed by atoms with Crippen molar-refractivity contribution in [2.24, 2.45) is 0 Å². The van der Waals surface area contributed by atoms with Crippen molar-refractivity contribution in [1.29, 1.82) is 0 Å². The molecule has 1 fully saturated rings. The first kappa shape index (κ1) is 14.5. The van der Waals surface area contributed by atoms with Gasteiger partial charge >= 0.3 is 5.70 Å². The quantitative estimate of drug-likeness (QED) is 0.381. The van der Waals surface area contributed by atoms with Crippen molar-refractivity contribution in [2.45, 2.75) is 12.8 Å². The summed E-state index contributed by atoms with van der Waals surface area (Å²) in [6.07, 6.45) is 1.82. The Balaban J connectivity index is 2.37. The van der Waals surface area contributed by atoms with E-state index in [0.29, 0.717) is 18.7 Å². The molecule has 7 heteroatoms. The zero-order chi connectivity index (χ0) is 14.5. The van der Waals surface area contributed by atoms with E-state index in [1.165, 1.54) is 0 Å². The first-order valence-electron chi connectivity index (χ1n) is 6.26. The van der Waals surface area contributed by atoms with Crippen LogP contribution in [0, 0.1) is 10.1 Å². The number of benzene rings is 1. The third-order valence-electron chi connectivity index (χ3n) is 2.95. The molecule has 6 nitrogen and oxygen atoms in total. The van der Waals surface area contributed by atoms with Gasteiger partial charge in [0.15, 0.2) is 5.82 Å². The highest BCUT2D eigenvalue weighted by Gasteiger charge is 2.29. The lowest BCUT2D eigenvalue weighted by molar-refractivity contribution is -0.418. The van der Waals surface area contributed by atoms with Gasteiger partial charge in [0.2, 0.25) is 0 Å². The number of hydrogen-bond donors (Lipinski definition) is 2.